The van der Waals surface area contributed by atoms with E-state index in [1.807, 2.05) is 65.3 Å². The highest BCUT2D eigenvalue weighted by molar-refractivity contribution is 5.94. The molecule has 0 saturated heterocycles. The van der Waals surface area contributed by atoms with Crippen molar-refractivity contribution in [3.8, 4) is 17.2 Å². The van der Waals surface area contributed by atoms with E-state index in [1.54, 1.807) is 18.2 Å². The maximum absolute atomic E-state index is 12.6. The molecule has 1 aliphatic heterocycles. The molecule has 7 heteroatoms. The van der Waals surface area contributed by atoms with Gasteiger partial charge in [-0.25, -0.2) is 4.98 Å². The van der Waals surface area contributed by atoms with Crippen molar-refractivity contribution in [2.75, 3.05) is 11.9 Å². The van der Waals surface area contributed by atoms with Crippen molar-refractivity contribution in [2.24, 2.45) is 0 Å². The lowest BCUT2D eigenvalue weighted by Crippen LogP contribution is -2.40. The molecule has 1 unspecified atom stereocenters. The Labute approximate surface area is 172 Å². The summed E-state index contributed by atoms with van der Waals surface area (Å²) < 4.78 is 19.2. The lowest BCUT2D eigenvalue weighted by Gasteiger charge is -2.25. The Kier molecular flexibility index (Phi) is 4.69. The van der Waals surface area contributed by atoms with Crippen LogP contribution in [-0.4, -0.2) is 28.0 Å². The summed E-state index contributed by atoms with van der Waals surface area (Å²) in [6.07, 6.45) is 3.15. The molecular weight excluding hydrogens is 382 g/mol. The third-order valence-electron chi connectivity index (χ3n) is 4.70. The molecule has 0 saturated carbocycles. The summed E-state index contributed by atoms with van der Waals surface area (Å²) in [5, 5.41) is 2.86. The number of rotatable bonds is 5. The smallest absolute Gasteiger partial charge is 0.269 e. The maximum atomic E-state index is 12.6. The molecule has 30 heavy (non-hydrogen) atoms. The van der Waals surface area contributed by atoms with Gasteiger partial charge in [-0.15, -0.1) is 0 Å². The van der Waals surface area contributed by atoms with Crippen molar-refractivity contribution < 1.29 is 19.0 Å². The minimum absolute atomic E-state index is 0.160. The number of ether oxygens (including phenoxy) is 3. The first-order valence-electron chi connectivity index (χ1n) is 9.59. The van der Waals surface area contributed by atoms with Crippen LogP contribution in [-0.2, 0) is 11.4 Å². The van der Waals surface area contributed by atoms with E-state index in [-0.39, 0.29) is 12.5 Å². The van der Waals surface area contributed by atoms with E-state index < -0.39 is 6.10 Å². The van der Waals surface area contributed by atoms with Gasteiger partial charge in [0.2, 0.25) is 6.10 Å². The van der Waals surface area contributed by atoms with Crippen LogP contribution in [0.1, 0.15) is 5.69 Å². The number of carbonyl (C=O) groups excluding carboxylic acids is 1. The van der Waals surface area contributed by atoms with Crippen LogP contribution in [0.2, 0.25) is 0 Å². The van der Waals surface area contributed by atoms with Crippen LogP contribution >= 0.6 is 0 Å². The molecule has 4 aromatic rings. The Morgan fingerprint density at radius 2 is 1.97 bits per heavy atom. The number of hydrogen-bond donors (Lipinski definition) is 1. The largest absolute Gasteiger partial charge is 0.487 e. The van der Waals surface area contributed by atoms with Crippen LogP contribution in [0.3, 0.4) is 0 Å². The SMILES string of the molecule is O=C(Nc1cccc(OCc2cn3ccccc3n2)c1)C1COc2ccccc2O1. The van der Waals surface area contributed by atoms with Crippen LogP contribution in [0.5, 0.6) is 17.2 Å². The van der Waals surface area contributed by atoms with E-state index in [0.717, 1.165) is 11.3 Å². The maximum Gasteiger partial charge on any atom is 0.269 e. The Hall–Kier alpha value is -4.00. The summed E-state index contributed by atoms with van der Waals surface area (Å²) in [6.45, 7) is 0.488. The number of fused-ring (bicyclic) bond motifs is 2. The normalized spacial score (nSPS) is 15.0. The first-order valence-corrected chi connectivity index (χ1v) is 9.59. The van der Waals surface area contributed by atoms with Gasteiger partial charge in [0.25, 0.3) is 5.91 Å². The summed E-state index contributed by atoms with van der Waals surface area (Å²) in [5.74, 6) is 1.57. The van der Waals surface area contributed by atoms with Crippen LogP contribution < -0.4 is 19.5 Å². The van der Waals surface area contributed by atoms with Gasteiger partial charge < -0.3 is 23.9 Å². The minimum atomic E-state index is -0.720. The Morgan fingerprint density at radius 1 is 1.10 bits per heavy atom. The fourth-order valence-electron chi connectivity index (χ4n) is 3.25. The number of nitrogens with one attached hydrogen (secondary N) is 1. The van der Waals surface area contributed by atoms with E-state index in [4.69, 9.17) is 14.2 Å². The Morgan fingerprint density at radius 3 is 2.87 bits per heavy atom. The Balaban J connectivity index is 1.22. The van der Waals surface area contributed by atoms with E-state index >= 15 is 0 Å². The van der Waals surface area contributed by atoms with Crippen molar-refractivity contribution in [1.29, 1.82) is 0 Å². The number of aromatic nitrogens is 2. The van der Waals surface area contributed by atoms with Crippen molar-refractivity contribution in [3.05, 3.63) is 84.8 Å². The standard InChI is InChI=1S/C23H19N3O4/c27-23(21-15-29-19-8-1-2-9-20(19)30-21)25-16-6-5-7-18(12-16)28-14-17-13-26-11-4-3-10-22(26)24-17/h1-13,21H,14-15H2,(H,25,27). The summed E-state index contributed by atoms with van der Waals surface area (Å²) in [6, 6.07) is 20.4. The van der Waals surface area contributed by atoms with E-state index in [1.165, 1.54) is 0 Å². The Bertz CT molecular complexity index is 1170. The van der Waals surface area contributed by atoms with Gasteiger partial charge in [0, 0.05) is 24.1 Å². The van der Waals surface area contributed by atoms with Gasteiger partial charge >= 0.3 is 0 Å². The van der Waals surface area contributed by atoms with Gasteiger partial charge in [-0.2, -0.15) is 0 Å². The highest BCUT2D eigenvalue weighted by atomic mass is 16.6. The minimum Gasteiger partial charge on any atom is -0.487 e. The highest BCUT2D eigenvalue weighted by Gasteiger charge is 2.27. The third kappa shape index (κ3) is 3.77. The summed E-state index contributed by atoms with van der Waals surface area (Å²) >= 11 is 0. The van der Waals surface area contributed by atoms with E-state index in [9.17, 15) is 4.79 Å². The van der Waals surface area contributed by atoms with Crippen LogP contribution in [0, 0.1) is 0 Å². The summed E-state index contributed by atoms with van der Waals surface area (Å²) in [4.78, 5) is 17.1. The molecular formula is C23H19N3O4. The molecule has 0 fully saturated rings. The molecule has 0 bridgehead atoms. The van der Waals surface area contributed by atoms with Gasteiger partial charge in [-0.3, -0.25) is 4.79 Å². The van der Waals surface area contributed by atoms with Crippen molar-refractivity contribution in [2.45, 2.75) is 12.7 Å². The number of carbonyl (C=O) groups is 1. The van der Waals surface area contributed by atoms with Crippen molar-refractivity contribution in [3.63, 3.8) is 0 Å². The molecule has 1 amide bonds. The molecule has 2 aromatic carbocycles. The zero-order valence-corrected chi connectivity index (χ0v) is 16.0. The number of benzene rings is 2. The van der Waals surface area contributed by atoms with Crippen molar-refractivity contribution in [1.82, 2.24) is 9.38 Å². The molecule has 1 aliphatic rings. The number of para-hydroxylation sites is 2. The average molecular weight is 401 g/mol. The number of anilines is 1. The second-order valence-electron chi connectivity index (χ2n) is 6.87. The fourth-order valence-corrected chi connectivity index (χ4v) is 3.25. The molecule has 150 valence electrons. The van der Waals surface area contributed by atoms with Gasteiger partial charge in [-0.1, -0.05) is 24.3 Å². The summed E-state index contributed by atoms with van der Waals surface area (Å²) in [7, 11) is 0. The molecule has 5 rings (SSSR count). The zero-order valence-electron chi connectivity index (χ0n) is 16.0. The average Bonchev–Trinajstić information content (AvgIpc) is 3.21. The number of hydrogen-bond acceptors (Lipinski definition) is 5. The second-order valence-corrected chi connectivity index (χ2v) is 6.87. The number of pyridine rings is 1. The molecule has 2 aromatic heterocycles. The number of amides is 1. The first kappa shape index (κ1) is 18.1. The topological polar surface area (TPSA) is 74.1 Å². The zero-order chi connectivity index (χ0) is 20.3. The second kappa shape index (κ2) is 7.79. The van der Waals surface area contributed by atoms with Gasteiger partial charge in [0.1, 0.15) is 24.6 Å². The predicted molar refractivity (Wildman–Crippen MR) is 111 cm³/mol. The number of nitrogens with zero attached hydrogens (tertiary/aromatic N) is 2. The molecule has 3 heterocycles. The fraction of sp³-hybridized carbons (Fsp3) is 0.130. The molecule has 0 spiro atoms. The molecule has 1 atom stereocenters. The van der Waals surface area contributed by atoms with Gasteiger partial charge in [0.05, 0.1) is 5.69 Å². The lowest BCUT2D eigenvalue weighted by molar-refractivity contribution is -0.125. The molecule has 1 N–H and O–H groups in total. The van der Waals surface area contributed by atoms with Gasteiger partial charge in [-0.05, 0) is 36.4 Å². The van der Waals surface area contributed by atoms with E-state index in [0.29, 0.717) is 29.5 Å². The highest BCUT2D eigenvalue weighted by Crippen LogP contribution is 2.31. The van der Waals surface area contributed by atoms with E-state index in [2.05, 4.69) is 10.3 Å². The van der Waals surface area contributed by atoms with Crippen LogP contribution in [0.25, 0.3) is 5.65 Å². The quantitative estimate of drug-likeness (QED) is 0.552. The van der Waals surface area contributed by atoms with Crippen molar-refractivity contribution >= 4 is 17.2 Å². The third-order valence-corrected chi connectivity index (χ3v) is 4.70. The molecule has 0 radical (unpaired) electrons. The first-order chi connectivity index (χ1) is 14.7. The van der Waals surface area contributed by atoms with Gasteiger partial charge in [0.15, 0.2) is 11.5 Å². The monoisotopic (exact) mass is 401 g/mol. The summed E-state index contributed by atoms with van der Waals surface area (Å²) in [5.41, 5.74) is 2.31. The number of imidazole rings is 1. The molecule has 0 aliphatic carbocycles. The predicted octanol–water partition coefficient (Wildman–Crippen LogP) is 3.69. The van der Waals surface area contributed by atoms with Crippen LogP contribution in [0.4, 0.5) is 5.69 Å². The lowest BCUT2D eigenvalue weighted by atomic mass is 10.2. The van der Waals surface area contributed by atoms with Crippen LogP contribution in [0.15, 0.2) is 79.1 Å². The molecule has 7 nitrogen and oxygen atoms in total.